The van der Waals surface area contributed by atoms with Gasteiger partial charge in [-0.1, -0.05) is 71.9 Å². The highest BCUT2D eigenvalue weighted by atomic mass is 16.6. The Bertz CT molecular complexity index is 1310. The van der Waals surface area contributed by atoms with Gasteiger partial charge in [0.15, 0.2) is 11.3 Å². The van der Waals surface area contributed by atoms with Crippen LogP contribution in [0.25, 0.3) is 0 Å². The van der Waals surface area contributed by atoms with E-state index < -0.39 is 47.1 Å². The molecule has 268 valence electrons. The fourth-order valence-corrected chi connectivity index (χ4v) is 5.46. The first kappa shape index (κ1) is 40.4. The Balaban J connectivity index is 2.46. The monoisotopic (exact) mass is 670 g/mol. The molecule has 12 heteroatoms. The van der Waals surface area contributed by atoms with Gasteiger partial charge in [-0.05, 0) is 63.4 Å². The summed E-state index contributed by atoms with van der Waals surface area (Å²) in [6, 6.07) is 6.71. The number of Topliss-reactive ketones (excluding diaryl/α,β-unsaturated/α-hetero) is 1. The van der Waals surface area contributed by atoms with E-state index in [0.29, 0.717) is 18.5 Å². The lowest BCUT2D eigenvalue weighted by Crippen LogP contribution is -2.68. The van der Waals surface area contributed by atoms with Crippen LogP contribution in [0.1, 0.15) is 92.8 Å². The molecule has 2 aromatic rings. The molecule has 1 aromatic carbocycles. The number of rotatable bonds is 18. The highest BCUT2D eigenvalue weighted by Gasteiger charge is 2.47. The highest BCUT2D eigenvalue weighted by Crippen LogP contribution is 2.21. The molecule has 0 spiro atoms. The normalized spacial score (nSPS) is 15.7. The Hall–Kier alpha value is -3.77. The van der Waals surface area contributed by atoms with Crippen LogP contribution in [0.15, 0.2) is 42.9 Å². The van der Waals surface area contributed by atoms with Crippen LogP contribution in [-0.2, 0) is 32.0 Å². The Morgan fingerprint density at radius 1 is 0.917 bits per heavy atom. The van der Waals surface area contributed by atoms with Gasteiger partial charge < -0.3 is 36.5 Å². The quantitative estimate of drug-likeness (QED) is 0.129. The molecule has 0 unspecified atom stereocenters. The van der Waals surface area contributed by atoms with Crippen molar-refractivity contribution in [1.82, 2.24) is 25.9 Å². The van der Waals surface area contributed by atoms with Crippen LogP contribution < -0.4 is 21.7 Å². The molecule has 0 aliphatic heterocycles. The number of nitrogens with two attached hydrogens (primary N) is 1. The first-order valence-electron chi connectivity index (χ1n) is 16.9. The van der Waals surface area contributed by atoms with Crippen LogP contribution in [0.2, 0.25) is 0 Å². The zero-order valence-electron chi connectivity index (χ0n) is 30.1. The Morgan fingerprint density at radius 3 is 2.08 bits per heavy atom. The topological polar surface area (TPSA) is 189 Å². The fourth-order valence-electron chi connectivity index (χ4n) is 5.46. The molecule has 0 aliphatic carbocycles. The SMILES string of the molecule is CC(C)CC(=O)N[C@@H](C[C@H](O)[C@H](CC(C)C)NC(=O)[C@@](N)(Cc1cnc[nH]1)C(=O)[C@H](Cc1ccccc1)NC(=O)OC(C)(C)C)C(C)C. The number of H-pyrrole nitrogens is 1. The van der Waals surface area contributed by atoms with Crippen molar-refractivity contribution in [2.75, 3.05) is 0 Å². The molecule has 0 aliphatic rings. The van der Waals surface area contributed by atoms with Gasteiger partial charge in [0.1, 0.15) is 5.60 Å². The number of imidazole rings is 1. The molecule has 7 N–H and O–H groups in total. The van der Waals surface area contributed by atoms with Gasteiger partial charge in [-0.15, -0.1) is 0 Å². The number of ether oxygens (including phenoxy) is 1. The van der Waals surface area contributed by atoms with E-state index in [4.69, 9.17) is 10.5 Å². The number of hydrogen-bond acceptors (Lipinski definition) is 8. The van der Waals surface area contributed by atoms with Crippen molar-refractivity contribution in [3.8, 4) is 0 Å². The van der Waals surface area contributed by atoms with E-state index in [2.05, 4.69) is 25.9 Å². The largest absolute Gasteiger partial charge is 0.444 e. The van der Waals surface area contributed by atoms with Crippen molar-refractivity contribution < 1.29 is 29.0 Å². The molecule has 5 atom stereocenters. The van der Waals surface area contributed by atoms with E-state index in [0.717, 1.165) is 5.56 Å². The van der Waals surface area contributed by atoms with Crippen molar-refractivity contribution in [3.05, 3.63) is 54.1 Å². The van der Waals surface area contributed by atoms with Gasteiger partial charge in [-0.2, -0.15) is 0 Å². The third kappa shape index (κ3) is 13.4. The average molecular weight is 671 g/mol. The third-order valence-corrected chi connectivity index (χ3v) is 7.91. The van der Waals surface area contributed by atoms with E-state index in [1.807, 2.05) is 71.9 Å². The molecular formula is C36H58N6O6. The molecule has 48 heavy (non-hydrogen) atoms. The van der Waals surface area contributed by atoms with E-state index in [-0.39, 0.29) is 49.0 Å². The number of aromatic amines is 1. The summed E-state index contributed by atoms with van der Waals surface area (Å²) in [5.41, 5.74) is 4.99. The number of benzene rings is 1. The van der Waals surface area contributed by atoms with Crippen LogP contribution in [0, 0.1) is 17.8 Å². The lowest BCUT2D eigenvalue weighted by molar-refractivity contribution is -0.138. The summed E-state index contributed by atoms with van der Waals surface area (Å²) < 4.78 is 5.46. The van der Waals surface area contributed by atoms with Crippen molar-refractivity contribution in [2.24, 2.45) is 23.5 Å². The summed E-state index contributed by atoms with van der Waals surface area (Å²) in [5, 5.41) is 20.1. The molecule has 0 fully saturated rings. The number of carbonyl (C=O) groups excluding carboxylic acids is 4. The van der Waals surface area contributed by atoms with E-state index in [1.165, 1.54) is 12.5 Å². The summed E-state index contributed by atoms with van der Waals surface area (Å²) in [6.45, 7) is 16.9. The van der Waals surface area contributed by atoms with E-state index >= 15 is 0 Å². The van der Waals surface area contributed by atoms with Gasteiger partial charge in [-0.25, -0.2) is 9.78 Å². The number of aromatic nitrogens is 2. The van der Waals surface area contributed by atoms with Gasteiger partial charge in [0.05, 0.1) is 24.5 Å². The summed E-state index contributed by atoms with van der Waals surface area (Å²) in [5.74, 6) is -1.39. The summed E-state index contributed by atoms with van der Waals surface area (Å²) >= 11 is 0. The Morgan fingerprint density at radius 2 is 1.56 bits per heavy atom. The molecule has 0 radical (unpaired) electrons. The van der Waals surface area contributed by atoms with Crippen molar-refractivity contribution >= 4 is 23.7 Å². The van der Waals surface area contributed by atoms with Crippen LogP contribution >= 0.6 is 0 Å². The molecule has 0 saturated carbocycles. The minimum absolute atomic E-state index is 0.0133. The zero-order valence-corrected chi connectivity index (χ0v) is 30.1. The van der Waals surface area contributed by atoms with Crippen molar-refractivity contribution in [3.63, 3.8) is 0 Å². The van der Waals surface area contributed by atoms with Gasteiger partial charge in [0.25, 0.3) is 0 Å². The molecule has 1 aromatic heterocycles. The maximum Gasteiger partial charge on any atom is 0.408 e. The number of aliphatic hydroxyl groups is 1. The summed E-state index contributed by atoms with van der Waals surface area (Å²) in [7, 11) is 0. The molecule has 2 rings (SSSR count). The second kappa shape index (κ2) is 18.1. The van der Waals surface area contributed by atoms with Crippen LogP contribution in [0.3, 0.4) is 0 Å². The first-order valence-corrected chi connectivity index (χ1v) is 16.9. The second-order valence-corrected chi connectivity index (χ2v) is 15.0. The summed E-state index contributed by atoms with van der Waals surface area (Å²) in [6.07, 6.45) is 1.74. The average Bonchev–Trinajstić information content (AvgIpc) is 3.47. The molecule has 0 bridgehead atoms. The lowest BCUT2D eigenvalue weighted by atomic mass is 9.82. The van der Waals surface area contributed by atoms with Gasteiger partial charge in [0.2, 0.25) is 11.8 Å². The zero-order chi connectivity index (χ0) is 36.2. The number of hydrogen-bond donors (Lipinski definition) is 6. The number of nitrogens with one attached hydrogen (secondary N) is 4. The number of nitrogens with zero attached hydrogens (tertiary/aromatic N) is 1. The maximum atomic E-state index is 14.5. The van der Waals surface area contributed by atoms with Crippen LogP contribution in [0.5, 0.6) is 0 Å². The minimum Gasteiger partial charge on any atom is -0.444 e. The van der Waals surface area contributed by atoms with Gasteiger partial charge >= 0.3 is 6.09 Å². The van der Waals surface area contributed by atoms with E-state index in [9.17, 15) is 24.3 Å². The van der Waals surface area contributed by atoms with Gasteiger partial charge in [0, 0.05) is 30.8 Å². The predicted molar refractivity (Wildman–Crippen MR) is 186 cm³/mol. The predicted octanol–water partition coefficient (Wildman–Crippen LogP) is 3.82. The number of aliphatic hydroxyl groups excluding tert-OH is 1. The standard InChI is InChI=1S/C36H58N6O6/c1-22(2)15-28(30(43)18-27(24(5)6)40-31(44)16-23(3)4)41-33(46)36(37,19-26-20-38-21-39-26)32(45)29(17-25-13-11-10-12-14-25)42-34(47)48-35(7,8)9/h10-14,20-24,27-30,43H,15-19,37H2,1-9H3,(H,38,39)(H,40,44)(H,41,46)(H,42,47)/t27-,28-,29-,30-,36+/m0/s1. The number of carbonyl (C=O) groups is 4. The minimum atomic E-state index is -2.18. The lowest BCUT2D eigenvalue weighted by Gasteiger charge is -2.35. The number of ketones is 1. The Kier molecular flexibility index (Phi) is 15.3. The first-order chi connectivity index (χ1) is 22.3. The molecular weight excluding hydrogens is 612 g/mol. The molecule has 3 amide bonds. The third-order valence-electron chi connectivity index (χ3n) is 7.91. The highest BCUT2D eigenvalue weighted by molar-refractivity contribution is 6.13. The molecule has 0 saturated heterocycles. The molecule has 1 heterocycles. The number of amides is 3. The van der Waals surface area contributed by atoms with Crippen LogP contribution in [-0.4, -0.2) is 74.1 Å². The van der Waals surface area contributed by atoms with Gasteiger partial charge in [-0.3, -0.25) is 14.4 Å². The second-order valence-electron chi connectivity index (χ2n) is 15.0. The Labute approximate surface area is 285 Å². The van der Waals surface area contributed by atoms with Crippen molar-refractivity contribution in [2.45, 2.75) is 130 Å². The maximum absolute atomic E-state index is 14.5. The van der Waals surface area contributed by atoms with Crippen molar-refractivity contribution in [1.29, 1.82) is 0 Å². The van der Waals surface area contributed by atoms with Crippen LogP contribution in [0.4, 0.5) is 4.79 Å². The smallest absolute Gasteiger partial charge is 0.408 e. The summed E-state index contributed by atoms with van der Waals surface area (Å²) in [4.78, 5) is 61.3. The van der Waals surface area contributed by atoms with E-state index in [1.54, 1.807) is 20.8 Å². The fraction of sp³-hybridized carbons (Fsp3) is 0.639. The number of alkyl carbamates (subject to hydrolysis) is 1. The molecule has 12 nitrogen and oxygen atoms in total.